The molecule has 15 heavy (non-hydrogen) atoms. The van der Waals surface area contributed by atoms with E-state index in [0.29, 0.717) is 24.5 Å². The number of hydrogen-bond donors (Lipinski definition) is 0. The van der Waals surface area contributed by atoms with Crippen molar-refractivity contribution in [2.24, 2.45) is 5.92 Å². The molecule has 0 heterocycles. The second-order valence-electron chi connectivity index (χ2n) is 4.09. The van der Waals surface area contributed by atoms with Gasteiger partial charge in [-0.1, -0.05) is 22.0 Å². The highest BCUT2D eigenvalue weighted by atomic mass is 79.9. The minimum absolute atomic E-state index is 0.229. The minimum atomic E-state index is -0.229. The molecule has 0 aromatic heterocycles. The Labute approximate surface area is 96.8 Å². The molecule has 1 aliphatic carbocycles. The Hall–Kier alpha value is -0.700. The number of ketones is 1. The van der Waals surface area contributed by atoms with Gasteiger partial charge in [0.15, 0.2) is 0 Å². The van der Waals surface area contributed by atoms with Crippen LogP contribution in [0.2, 0.25) is 0 Å². The number of halogens is 2. The summed E-state index contributed by atoms with van der Waals surface area (Å²) in [5.74, 6) is 0.575. The van der Waals surface area contributed by atoms with E-state index in [1.54, 1.807) is 6.07 Å². The van der Waals surface area contributed by atoms with Crippen LogP contribution in [0.1, 0.15) is 24.8 Å². The molecular formula is C12H12BrFO. The third kappa shape index (κ3) is 2.65. The van der Waals surface area contributed by atoms with Crippen LogP contribution in [-0.4, -0.2) is 5.78 Å². The summed E-state index contributed by atoms with van der Waals surface area (Å²) in [6.07, 6.45) is 3.24. The molecule has 1 aromatic rings. The molecule has 1 fully saturated rings. The molecule has 1 nitrogen and oxygen atoms in total. The molecule has 0 radical (unpaired) electrons. The highest BCUT2D eigenvalue weighted by Crippen LogP contribution is 2.28. The lowest BCUT2D eigenvalue weighted by Gasteiger charge is -2.09. The van der Waals surface area contributed by atoms with E-state index >= 15 is 0 Å². The summed E-state index contributed by atoms with van der Waals surface area (Å²) < 4.78 is 13.6. The summed E-state index contributed by atoms with van der Waals surface area (Å²) in [5, 5.41) is 0. The minimum Gasteiger partial charge on any atom is -0.300 e. The predicted molar refractivity (Wildman–Crippen MR) is 60.2 cm³/mol. The fourth-order valence-electron chi connectivity index (χ4n) is 2.06. The van der Waals surface area contributed by atoms with Crippen LogP contribution in [0, 0.1) is 11.7 Å². The Morgan fingerprint density at radius 3 is 2.87 bits per heavy atom. The fourth-order valence-corrected chi connectivity index (χ4v) is 2.58. The van der Waals surface area contributed by atoms with Crippen molar-refractivity contribution >= 4 is 21.7 Å². The van der Waals surface area contributed by atoms with Gasteiger partial charge < -0.3 is 0 Å². The van der Waals surface area contributed by atoms with Gasteiger partial charge in [-0.05, 0) is 36.5 Å². The van der Waals surface area contributed by atoms with Gasteiger partial charge in [0.05, 0.1) is 0 Å². The van der Waals surface area contributed by atoms with E-state index in [1.165, 1.54) is 12.1 Å². The molecule has 0 bridgehead atoms. The zero-order chi connectivity index (χ0) is 10.8. The van der Waals surface area contributed by atoms with Crippen molar-refractivity contribution in [1.82, 2.24) is 0 Å². The van der Waals surface area contributed by atoms with Gasteiger partial charge in [-0.15, -0.1) is 0 Å². The van der Waals surface area contributed by atoms with Crippen molar-refractivity contribution in [3.63, 3.8) is 0 Å². The van der Waals surface area contributed by atoms with E-state index in [4.69, 9.17) is 0 Å². The second kappa shape index (κ2) is 4.44. The molecule has 0 aliphatic heterocycles. The Balaban J connectivity index is 2.07. The highest BCUT2D eigenvalue weighted by molar-refractivity contribution is 9.10. The topological polar surface area (TPSA) is 17.1 Å². The largest absolute Gasteiger partial charge is 0.300 e. The number of benzene rings is 1. The first-order valence-electron chi connectivity index (χ1n) is 5.11. The van der Waals surface area contributed by atoms with Gasteiger partial charge in [-0.25, -0.2) is 4.39 Å². The van der Waals surface area contributed by atoms with Gasteiger partial charge in [0.2, 0.25) is 0 Å². The summed E-state index contributed by atoms with van der Waals surface area (Å²) in [6, 6.07) is 4.74. The highest BCUT2D eigenvalue weighted by Gasteiger charge is 2.22. The van der Waals surface area contributed by atoms with Gasteiger partial charge >= 0.3 is 0 Å². The zero-order valence-corrected chi connectivity index (χ0v) is 9.89. The fraction of sp³-hybridized carbons (Fsp3) is 0.417. The maximum absolute atomic E-state index is 12.8. The van der Waals surface area contributed by atoms with Gasteiger partial charge in [-0.2, -0.15) is 0 Å². The van der Waals surface area contributed by atoms with Crippen LogP contribution in [0.3, 0.4) is 0 Å². The molecule has 0 spiro atoms. The van der Waals surface area contributed by atoms with Crippen LogP contribution in [0.5, 0.6) is 0 Å². The lowest BCUT2D eigenvalue weighted by molar-refractivity contribution is -0.117. The number of carbonyl (C=O) groups is 1. The van der Waals surface area contributed by atoms with Gasteiger partial charge in [0, 0.05) is 17.3 Å². The smallest absolute Gasteiger partial charge is 0.133 e. The molecule has 1 atom stereocenters. The van der Waals surface area contributed by atoms with E-state index in [0.717, 1.165) is 22.9 Å². The van der Waals surface area contributed by atoms with Crippen LogP contribution in [0.15, 0.2) is 22.7 Å². The predicted octanol–water partition coefficient (Wildman–Crippen LogP) is 3.50. The summed E-state index contributed by atoms with van der Waals surface area (Å²) >= 11 is 3.34. The molecule has 0 N–H and O–H groups in total. The van der Waals surface area contributed by atoms with Crippen molar-refractivity contribution in [2.75, 3.05) is 0 Å². The van der Waals surface area contributed by atoms with Gasteiger partial charge in [0.1, 0.15) is 11.6 Å². The summed E-state index contributed by atoms with van der Waals surface area (Å²) in [6.45, 7) is 0. The SMILES string of the molecule is O=C1CCC(Cc2ccc(F)cc2Br)C1. The normalized spacial score (nSPS) is 20.9. The molecule has 80 valence electrons. The molecule has 0 amide bonds. The standard InChI is InChI=1S/C12H12BrFO/c13-12-7-10(14)3-2-9(12)5-8-1-4-11(15)6-8/h2-3,7-8H,1,4-6H2. The van der Waals surface area contributed by atoms with Crippen molar-refractivity contribution in [2.45, 2.75) is 25.7 Å². The summed E-state index contributed by atoms with van der Waals surface area (Å²) in [7, 11) is 0. The molecular weight excluding hydrogens is 259 g/mol. The van der Waals surface area contributed by atoms with Crippen LogP contribution < -0.4 is 0 Å². The Bertz CT molecular complexity index is 389. The monoisotopic (exact) mass is 270 g/mol. The van der Waals surface area contributed by atoms with E-state index in [-0.39, 0.29) is 5.82 Å². The van der Waals surface area contributed by atoms with E-state index < -0.39 is 0 Å². The molecule has 1 aromatic carbocycles. The quantitative estimate of drug-likeness (QED) is 0.804. The molecule has 0 saturated heterocycles. The maximum atomic E-state index is 12.8. The first kappa shape index (κ1) is 10.8. The average Bonchev–Trinajstić information content (AvgIpc) is 2.56. The Morgan fingerprint density at radius 2 is 2.27 bits per heavy atom. The molecule has 1 aliphatic rings. The third-order valence-electron chi connectivity index (χ3n) is 2.87. The van der Waals surface area contributed by atoms with Crippen LogP contribution in [0.4, 0.5) is 4.39 Å². The number of rotatable bonds is 2. The van der Waals surface area contributed by atoms with Crippen molar-refractivity contribution in [1.29, 1.82) is 0 Å². The zero-order valence-electron chi connectivity index (χ0n) is 8.30. The van der Waals surface area contributed by atoms with Crippen molar-refractivity contribution < 1.29 is 9.18 Å². The number of carbonyl (C=O) groups excluding carboxylic acids is 1. The number of hydrogen-bond acceptors (Lipinski definition) is 1. The lowest BCUT2D eigenvalue weighted by Crippen LogP contribution is -2.01. The average molecular weight is 271 g/mol. The van der Waals surface area contributed by atoms with E-state index in [9.17, 15) is 9.18 Å². The molecule has 2 rings (SSSR count). The van der Waals surface area contributed by atoms with Crippen molar-refractivity contribution in [3.05, 3.63) is 34.1 Å². The van der Waals surface area contributed by atoms with Crippen LogP contribution in [-0.2, 0) is 11.2 Å². The Kier molecular flexibility index (Phi) is 3.19. The first-order chi connectivity index (χ1) is 7.15. The van der Waals surface area contributed by atoms with Crippen LogP contribution in [0.25, 0.3) is 0 Å². The maximum Gasteiger partial charge on any atom is 0.133 e. The van der Waals surface area contributed by atoms with Gasteiger partial charge in [0.25, 0.3) is 0 Å². The van der Waals surface area contributed by atoms with E-state index in [2.05, 4.69) is 15.9 Å². The first-order valence-corrected chi connectivity index (χ1v) is 5.90. The molecule has 1 unspecified atom stereocenters. The Morgan fingerprint density at radius 1 is 1.47 bits per heavy atom. The molecule has 3 heteroatoms. The van der Waals surface area contributed by atoms with Crippen molar-refractivity contribution in [3.8, 4) is 0 Å². The summed E-state index contributed by atoms with van der Waals surface area (Å²) in [4.78, 5) is 11.1. The van der Waals surface area contributed by atoms with Gasteiger partial charge in [-0.3, -0.25) is 4.79 Å². The summed E-state index contributed by atoms with van der Waals surface area (Å²) in [5.41, 5.74) is 1.09. The van der Waals surface area contributed by atoms with Crippen LogP contribution >= 0.6 is 15.9 Å². The van der Waals surface area contributed by atoms with E-state index in [1.807, 2.05) is 0 Å². The second-order valence-corrected chi connectivity index (χ2v) is 4.94. The molecule has 1 saturated carbocycles. The number of Topliss-reactive ketones (excluding diaryl/α,β-unsaturated/α-hetero) is 1. The third-order valence-corrected chi connectivity index (χ3v) is 3.61. The lowest BCUT2D eigenvalue weighted by atomic mass is 9.98.